The van der Waals surface area contributed by atoms with Crippen molar-refractivity contribution in [1.82, 2.24) is 5.32 Å². The molecular formula is C11H25NO5S. The second-order valence-electron chi connectivity index (χ2n) is 4.88. The molecule has 0 aliphatic rings. The van der Waals surface area contributed by atoms with Crippen LogP contribution in [0.4, 0.5) is 0 Å². The molecule has 0 spiro atoms. The summed E-state index contributed by atoms with van der Waals surface area (Å²) in [5.74, 6) is 0. The van der Waals surface area contributed by atoms with Gasteiger partial charge in [0.1, 0.15) is 0 Å². The third-order valence-corrected chi connectivity index (χ3v) is 4.83. The molecular weight excluding hydrogens is 258 g/mol. The molecule has 6 nitrogen and oxygen atoms in total. The molecule has 18 heavy (non-hydrogen) atoms. The van der Waals surface area contributed by atoms with E-state index in [1.165, 1.54) is 6.26 Å². The van der Waals surface area contributed by atoms with Crippen molar-refractivity contribution in [2.45, 2.75) is 24.7 Å². The first-order chi connectivity index (χ1) is 8.20. The molecule has 0 radical (unpaired) electrons. The highest BCUT2D eigenvalue weighted by molar-refractivity contribution is 7.92. The Bertz CT molecular complexity index is 315. The molecule has 0 aromatic rings. The fourth-order valence-electron chi connectivity index (χ4n) is 1.09. The van der Waals surface area contributed by atoms with Gasteiger partial charge in [-0.2, -0.15) is 0 Å². The van der Waals surface area contributed by atoms with E-state index in [0.717, 1.165) is 0 Å². The van der Waals surface area contributed by atoms with E-state index in [2.05, 4.69) is 5.32 Å². The van der Waals surface area contributed by atoms with Crippen molar-refractivity contribution in [1.29, 1.82) is 0 Å². The molecule has 0 aliphatic heterocycles. The average molecular weight is 283 g/mol. The number of nitrogens with one attached hydrogen (secondary N) is 1. The molecule has 7 heteroatoms. The maximum atomic E-state index is 11.4. The largest absolute Gasteiger partial charge is 0.389 e. The predicted octanol–water partition coefficient (Wildman–Crippen LogP) is -0.577. The van der Waals surface area contributed by atoms with Gasteiger partial charge in [0.05, 0.1) is 30.7 Å². The van der Waals surface area contributed by atoms with Gasteiger partial charge in [-0.1, -0.05) is 0 Å². The normalized spacial score (nSPS) is 14.7. The van der Waals surface area contributed by atoms with Gasteiger partial charge in [-0.3, -0.25) is 0 Å². The first-order valence-electron chi connectivity index (χ1n) is 5.86. The van der Waals surface area contributed by atoms with E-state index in [9.17, 15) is 13.5 Å². The Labute approximate surface area is 110 Å². The second kappa shape index (κ2) is 8.06. The fraction of sp³-hybridized carbons (Fsp3) is 1.00. The Hall–Kier alpha value is -0.210. The monoisotopic (exact) mass is 283 g/mol. The van der Waals surface area contributed by atoms with Crippen molar-refractivity contribution in [3.63, 3.8) is 0 Å². The van der Waals surface area contributed by atoms with Crippen molar-refractivity contribution in [2.24, 2.45) is 0 Å². The molecule has 0 aromatic heterocycles. The predicted molar refractivity (Wildman–Crippen MR) is 70.5 cm³/mol. The van der Waals surface area contributed by atoms with Crippen LogP contribution in [0, 0.1) is 0 Å². The topological polar surface area (TPSA) is 84.9 Å². The van der Waals surface area contributed by atoms with Crippen LogP contribution < -0.4 is 5.32 Å². The Morgan fingerprint density at radius 1 is 1.33 bits per heavy atom. The molecule has 1 unspecified atom stereocenters. The van der Waals surface area contributed by atoms with E-state index < -0.39 is 20.7 Å². The Morgan fingerprint density at radius 3 is 2.44 bits per heavy atom. The second-order valence-corrected chi connectivity index (χ2v) is 7.53. The van der Waals surface area contributed by atoms with Crippen LogP contribution >= 0.6 is 0 Å². The number of hydrogen-bond donors (Lipinski definition) is 2. The molecule has 0 fully saturated rings. The molecule has 2 N–H and O–H groups in total. The number of rotatable bonds is 10. The number of hydrogen-bond acceptors (Lipinski definition) is 6. The van der Waals surface area contributed by atoms with Gasteiger partial charge in [0.2, 0.25) is 0 Å². The minimum Gasteiger partial charge on any atom is -0.389 e. The number of aliphatic hydroxyl groups is 1. The minimum atomic E-state index is -3.12. The van der Waals surface area contributed by atoms with Crippen molar-refractivity contribution >= 4 is 9.84 Å². The molecule has 0 bridgehead atoms. The number of methoxy groups -OCH3 is 1. The van der Waals surface area contributed by atoms with Gasteiger partial charge in [0, 0.05) is 26.5 Å². The van der Waals surface area contributed by atoms with E-state index in [1.54, 1.807) is 21.0 Å². The van der Waals surface area contributed by atoms with Gasteiger partial charge in [-0.15, -0.1) is 0 Å². The van der Waals surface area contributed by atoms with Crippen LogP contribution in [0.2, 0.25) is 0 Å². The highest BCUT2D eigenvalue weighted by Gasteiger charge is 2.29. The van der Waals surface area contributed by atoms with Gasteiger partial charge in [-0.05, 0) is 13.8 Å². The summed E-state index contributed by atoms with van der Waals surface area (Å²) < 4.78 is 32.0. The quantitative estimate of drug-likeness (QED) is 0.522. The van der Waals surface area contributed by atoms with Gasteiger partial charge in [-0.25, -0.2) is 8.42 Å². The molecule has 0 amide bonds. The van der Waals surface area contributed by atoms with Crippen LogP contribution in [0.15, 0.2) is 0 Å². The molecule has 1 atom stereocenters. The molecule has 0 aliphatic carbocycles. The van der Waals surface area contributed by atoms with Gasteiger partial charge in [0.25, 0.3) is 0 Å². The summed E-state index contributed by atoms with van der Waals surface area (Å²) in [6.45, 7) is 5.01. The lowest BCUT2D eigenvalue weighted by atomic mass is 10.2. The summed E-state index contributed by atoms with van der Waals surface area (Å²) in [6, 6.07) is 0. The number of sulfone groups is 1. The van der Waals surface area contributed by atoms with E-state index in [-0.39, 0.29) is 6.61 Å². The maximum absolute atomic E-state index is 11.4. The molecule has 0 saturated carbocycles. The SMILES string of the molecule is COCCOCC(O)CNCC(C)(C)S(C)(=O)=O. The van der Waals surface area contributed by atoms with Gasteiger partial charge >= 0.3 is 0 Å². The first kappa shape index (κ1) is 17.8. The van der Waals surface area contributed by atoms with Crippen molar-refractivity contribution in [3.05, 3.63) is 0 Å². The first-order valence-corrected chi connectivity index (χ1v) is 7.75. The molecule has 0 aromatic carbocycles. The molecule has 0 rings (SSSR count). The lowest BCUT2D eigenvalue weighted by Gasteiger charge is -2.23. The van der Waals surface area contributed by atoms with E-state index in [4.69, 9.17) is 9.47 Å². The zero-order valence-electron chi connectivity index (χ0n) is 11.6. The Morgan fingerprint density at radius 2 is 1.94 bits per heavy atom. The summed E-state index contributed by atoms with van der Waals surface area (Å²) in [5, 5.41) is 12.5. The summed E-state index contributed by atoms with van der Waals surface area (Å²) in [4.78, 5) is 0. The van der Waals surface area contributed by atoms with Crippen LogP contribution in [0.1, 0.15) is 13.8 Å². The average Bonchev–Trinajstić information content (AvgIpc) is 2.22. The van der Waals surface area contributed by atoms with E-state index in [0.29, 0.717) is 26.3 Å². The van der Waals surface area contributed by atoms with E-state index in [1.807, 2.05) is 0 Å². The third-order valence-electron chi connectivity index (χ3n) is 2.68. The number of aliphatic hydroxyl groups excluding tert-OH is 1. The lowest BCUT2D eigenvalue weighted by molar-refractivity contribution is 0.0137. The van der Waals surface area contributed by atoms with Crippen LogP contribution in [-0.4, -0.2) is 70.7 Å². The van der Waals surface area contributed by atoms with Crippen LogP contribution in [0.5, 0.6) is 0 Å². The third kappa shape index (κ3) is 7.27. The smallest absolute Gasteiger partial charge is 0.153 e. The summed E-state index contributed by atoms with van der Waals surface area (Å²) in [6.07, 6.45) is 0.552. The molecule has 0 heterocycles. The van der Waals surface area contributed by atoms with Crippen LogP contribution in [0.3, 0.4) is 0 Å². The van der Waals surface area contributed by atoms with Crippen LogP contribution in [0.25, 0.3) is 0 Å². The summed E-state index contributed by atoms with van der Waals surface area (Å²) in [5.41, 5.74) is 0. The number of ether oxygens (including phenoxy) is 2. The summed E-state index contributed by atoms with van der Waals surface area (Å²) in [7, 11) is -1.54. The summed E-state index contributed by atoms with van der Waals surface area (Å²) >= 11 is 0. The van der Waals surface area contributed by atoms with Crippen molar-refractivity contribution < 1.29 is 23.0 Å². The zero-order chi connectivity index (χ0) is 14.2. The highest BCUT2D eigenvalue weighted by Crippen LogP contribution is 2.13. The van der Waals surface area contributed by atoms with Gasteiger partial charge < -0.3 is 19.9 Å². The van der Waals surface area contributed by atoms with Gasteiger partial charge in [0.15, 0.2) is 9.84 Å². The molecule has 0 saturated heterocycles. The standard InChI is InChI=1S/C11H25NO5S/c1-11(2,18(4,14)15)9-12-7-10(13)8-17-6-5-16-3/h10,12-13H,5-9H2,1-4H3. The van der Waals surface area contributed by atoms with Crippen molar-refractivity contribution in [2.75, 3.05) is 46.3 Å². The van der Waals surface area contributed by atoms with Crippen molar-refractivity contribution in [3.8, 4) is 0 Å². The fourth-order valence-corrected chi connectivity index (χ4v) is 1.46. The zero-order valence-corrected chi connectivity index (χ0v) is 12.4. The minimum absolute atomic E-state index is 0.204. The highest BCUT2D eigenvalue weighted by atomic mass is 32.2. The Balaban J connectivity index is 3.78. The van der Waals surface area contributed by atoms with E-state index >= 15 is 0 Å². The van der Waals surface area contributed by atoms with Crippen LogP contribution in [-0.2, 0) is 19.3 Å². The lowest BCUT2D eigenvalue weighted by Crippen LogP contribution is -2.44. The maximum Gasteiger partial charge on any atom is 0.153 e. The Kier molecular flexibility index (Phi) is 7.97. The molecule has 110 valence electrons.